The van der Waals surface area contributed by atoms with Gasteiger partial charge in [-0.2, -0.15) is 0 Å². The predicted octanol–water partition coefficient (Wildman–Crippen LogP) is 6.51. The Bertz CT molecular complexity index is 892. The summed E-state index contributed by atoms with van der Waals surface area (Å²) in [7, 11) is 0. The van der Waals surface area contributed by atoms with Crippen LogP contribution in [-0.2, 0) is 4.79 Å². The second-order valence-corrected chi connectivity index (χ2v) is 9.67. The molecule has 1 amide bonds. The lowest BCUT2D eigenvalue weighted by Gasteiger charge is -2.29. The van der Waals surface area contributed by atoms with Crippen molar-refractivity contribution in [3.63, 3.8) is 0 Å². The zero-order valence-electron chi connectivity index (χ0n) is 15.2. The fraction of sp³-hybridized carbons (Fsp3) is 0.136. The molecule has 3 rings (SSSR count). The maximum absolute atomic E-state index is 13.3. The Morgan fingerprint density at radius 2 is 1.28 bits per heavy atom. The molecule has 0 aliphatic rings. The van der Waals surface area contributed by atoms with Gasteiger partial charge in [-0.25, -0.2) is 0 Å². The second kappa shape index (κ2) is 9.86. The molecule has 0 heterocycles. The Hall–Kier alpha value is -1.72. The first-order valence-corrected chi connectivity index (χ1v) is 10.8. The van der Waals surface area contributed by atoms with Crippen molar-refractivity contribution in [2.75, 3.05) is 5.32 Å². The van der Waals surface area contributed by atoms with Crippen LogP contribution in [0, 0.1) is 0 Å². The van der Waals surface area contributed by atoms with Crippen LogP contribution in [0.3, 0.4) is 0 Å². The van der Waals surface area contributed by atoms with Crippen LogP contribution >= 0.6 is 50.7 Å². The van der Waals surface area contributed by atoms with E-state index in [1.54, 1.807) is 0 Å². The van der Waals surface area contributed by atoms with Crippen LogP contribution in [0.25, 0.3) is 0 Å². The van der Waals surface area contributed by atoms with E-state index in [-0.39, 0.29) is 5.91 Å². The lowest BCUT2D eigenvalue weighted by molar-refractivity contribution is -0.122. The maximum atomic E-state index is 13.3. The van der Waals surface area contributed by atoms with Crippen molar-refractivity contribution in [2.24, 2.45) is 0 Å². The van der Waals surface area contributed by atoms with E-state index in [0.717, 1.165) is 15.6 Å². The molecule has 0 fully saturated rings. The average molecular weight is 513 g/mol. The number of amides is 1. The van der Waals surface area contributed by atoms with Crippen LogP contribution in [0.4, 0.5) is 5.69 Å². The van der Waals surface area contributed by atoms with Crippen LogP contribution in [0.1, 0.15) is 17.0 Å². The molecule has 0 aliphatic heterocycles. The van der Waals surface area contributed by atoms with Gasteiger partial charge in [0.25, 0.3) is 0 Å². The molecule has 0 radical (unpaired) electrons. The summed E-state index contributed by atoms with van der Waals surface area (Å²) >= 11 is 21.9. The molecular weight excluding hydrogens is 495 g/mol. The number of anilines is 1. The quantitative estimate of drug-likeness (QED) is 0.292. The molecule has 3 aromatic carbocycles. The molecule has 0 saturated carbocycles. The van der Waals surface area contributed by atoms with E-state index in [9.17, 15) is 4.79 Å². The summed E-state index contributed by atoms with van der Waals surface area (Å²) in [4.78, 5) is 13.3. The largest absolute Gasteiger partial charge is 0.362 e. The van der Waals surface area contributed by atoms with Crippen molar-refractivity contribution in [1.82, 2.24) is 5.32 Å². The van der Waals surface area contributed by atoms with Crippen molar-refractivity contribution in [3.05, 3.63) is 101 Å². The smallest absolute Gasteiger partial charge is 0.233 e. The van der Waals surface area contributed by atoms with Crippen LogP contribution in [0.15, 0.2) is 89.4 Å². The molecule has 2 N–H and O–H groups in total. The van der Waals surface area contributed by atoms with Crippen molar-refractivity contribution < 1.29 is 4.79 Å². The Kier molecular flexibility index (Phi) is 7.47. The average Bonchev–Trinajstić information content (AvgIpc) is 2.70. The first-order valence-electron chi connectivity index (χ1n) is 8.83. The zero-order chi connectivity index (χ0) is 20.9. The van der Waals surface area contributed by atoms with Crippen LogP contribution < -0.4 is 10.6 Å². The number of hydrogen-bond donors (Lipinski definition) is 2. The fourth-order valence-electron chi connectivity index (χ4n) is 2.92. The minimum atomic E-state index is -1.76. The molecule has 0 saturated heterocycles. The highest BCUT2D eigenvalue weighted by molar-refractivity contribution is 9.10. The highest BCUT2D eigenvalue weighted by Gasteiger charge is 2.36. The van der Waals surface area contributed by atoms with Gasteiger partial charge in [0.05, 0.1) is 5.92 Å². The molecule has 3 aromatic rings. The second-order valence-electron chi connectivity index (χ2n) is 6.39. The van der Waals surface area contributed by atoms with Crippen LogP contribution in [0.2, 0.25) is 0 Å². The number of alkyl halides is 3. The van der Waals surface area contributed by atoms with Gasteiger partial charge >= 0.3 is 0 Å². The van der Waals surface area contributed by atoms with Gasteiger partial charge in [-0.3, -0.25) is 4.79 Å². The van der Waals surface area contributed by atoms with E-state index in [2.05, 4.69) is 26.6 Å². The van der Waals surface area contributed by atoms with Crippen molar-refractivity contribution in [1.29, 1.82) is 0 Å². The molecule has 0 unspecified atom stereocenters. The van der Waals surface area contributed by atoms with Gasteiger partial charge in [0.1, 0.15) is 6.17 Å². The Balaban J connectivity index is 1.88. The van der Waals surface area contributed by atoms with Gasteiger partial charge in [0.15, 0.2) is 0 Å². The molecule has 0 bridgehead atoms. The number of hydrogen-bond acceptors (Lipinski definition) is 2. The zero-order valence-corrected chi connectivity index (χ0v) is 19.0. The molecule has 0 aliphatic carbocycles. The third kappa shape index (κ3) is 6.13. The van der Waals surface area contributed by atoms with Gasteiger partial charge in [0, 0.05) is 10.2 Å². The molecule has 0 spiro atoms. The first kappa shape index (κ1) is 22.0. The standard InChI is InChI=1S/C22H18BrCl3N2O/c23-17-11-13-18(14-12-17)27-21(22(24,25)26)28-20(29)19(15-7-3-1-4-8-15)16-9-5-2-6-10-16/h1-14,19,21,27H,(H,28,29)/t21-/m1/s1. The summed E-state index contributed by atoms with van der Waals surface area (Å²) in [5.41, 5.74) is 2.41. The number of benzene rings is 3. The van der Waals surface area contributed by atoms with Crippen LogP contribution in [0.5, 0.6) is 0 Å². The van der Waals surface area contributed by atoms with Crippen molar-refractivity contribution in [2.45, 2.75) is 15.9 Å². The van der Waals surface area contributed by atoms with E-state index in [1.165, 1.54) is 0 Å². The van der Waals surface area contributed by atoms with E-state index >= 15 is 0 Å². The van der Waals surface area contributed by atoms with E-state index in [0.29, 0.717) is 5.69 Å². The minimum absolute atomic E-state index is 0.275. The molecule has 0 aromatic heterocycles. The van der Waals surface area contributed by atoms with E-state index < -0.39 is 15.9 Å². The molecule has 29 heavy (non-hydrogen) atoms. The summed E-state index contributed by atoms with van der Waals surface area (Å²) in [6.07, 6.45) is -0.934. The van der Waals surface area contributed by atoms with Gasteiger partial charge in [-0.05, 0) is 35.4 Å². The predicted molar refractivity (Wildman–Crippen MR) is 125 cm³/mol. The monoisotopic (exact) mass is 510 g/mol. The molecule has 150 valence electrons. The third-order valence-corrected chi connectivity index (χ3v) is 5.48. The lowest BCUT2D eigenvalue weighted by atomic mass is 9.90. The molecule has 3 nitrogen and oxygen atoms in total. The van der Waals surface area contributed by atoms with Gasteiger partial charge in [0.2, 0.25) is 9.70 Å². The summed E-state index contributed by atoms with van der Waals surface area (Å²) in [5.74, 6) is -0.817. The Labute approximate surface area is 193 Å². The number of carbonyl (C=O) groups excluding carboxylic acids is 1. The molecular formula is C22H18BrCl3N2O. The maximum Gasteiger partial charge on any atom is 0.233 e. The number of halogens is 4. The lowest BCUT2D eigenvalue weighted by Crippen LogP contribution is -2.50. The summed E-state index contributed by atoms with van der Waals surface area (Å²) in [6.45, 7) is 0. The highest BCUT2D eigenvalue weighted by Crippen LogP contribution is 2.33. The van der Waals surface area contributed by atoms with E-state index in [4.69, 9.17) is 34.8 Å². The number of carbonyl (C=O) groups is 1. The van der Waals surface area contributed by atoms with Gasteiger partial charge in [-0.15, -0.1) is 0 Å². The molecule has 1 atom stereocenters. The highest BCUT2D eigenvalue weighted by atomic mass is 79.9. The Morgan fingerprint density at radius 3 is 1.72 bits per heavy atom. The van der Waals surface area contributed by atoms with Gasteiger partial charge < -0.3 is 10.6 Å². The normalized spacial score (nSPS) is 12.4. The Morgan fingerprint density at radius 1 is 0.793 bits per heavy atom. The third-order valence-electron chi connectivity index (χ3n) is 4.30. The summed E-state index contributed by atoms with van der Waals surface area (Å²) in [5, 5.41) is 5.95. The van der Waals surface area contributed by atoms with Gasteiger partial charge in [-0.1, -0.05) is 111 Å². The minimum Gasteiger partial charge on any atom is -0.362 e. The number of rotatable bonds is 6. The summed E-state index contributed by atoms with van der Waals surface area (Å²) in [6, 6.07) is 26.4. The molecule has 7 heteroatoms. The van der Waals surface area contributed by atoms with Crippen molar-refractivity contribution in [3.8, 4) is 0 Å². The number of nitrogens with one attached hydrogen (secondary N) is 2. The van der Waals surface area contributed by atoms with E-state index in [1.807, 2.05) is 84.9 Å². The summed E-state index contributed by atoms with van der Waals surface area (Å²) < 4.78 is -0.841. The van der Waals surface area contributed by atoms with Crippen molar-refractivity contribution >= 4 is 62.3 Å². The SMILES string of the molecule is O=C(N[C@@H](Nc1ccc(Br)cc1)C(Cl)(Cl)Cl)C(c1ccccc1)c1ccccc1. The first-order chi connectivity index (χ1) is 13.8. The fourth-order valence-corrected chi connectivity index (χ4v) is 3.52. The van der Waals surface area contributed by atoms with Crippen LogP contribution in [-0.4, -0.2) is 15.9 Å². The topological polar surface area (TPSA) is 41.1 Å².